The minimum Gasteiger partial charge on any atom is -0.321 e. The molecule has 0 aliphatic heterocycles. The lowest BCUT2D eigenvalue weighted by Gasteiger charge is -2.05. The van der Waals surface area contributed by atoms with Gasteiger partial charge in [0.15, 0.2) is 0 Å². The summed E-state index contributed by atoms with van der Waals surface area (Å²) < 4.78 is 0. The molecule has 2 aromatic carbocycles. The van der Waals surface area contributed by atoms with E-state index in [-0.39, 0.29) is 16.3 Å². The van der Waals surface area contributed by atoms with Gasteiger partial charge >= 0.3 is 0 Å². The maximum Gasteiger partial charge on any atom is 0.288 e. The first-order valence-electron chi connectivity index (χ1n) is 5.47. The zero-order valence-electron chi connectivity index (χ0n) is 9.51. The number of nitro benzene ring substituents is 1. The predicted molar refractivity (Wildman–Crippen MR) is 73.7 cm³/mol. The number of nitro groups is 1. The molecule has 94 valence electrons. The van der Waals surface area contributed by atoms with Crippen LogP contribution in [0.5, 0.6) is 0 Å². The number of rotatable bonds is 1. The van der Waals surface area contributed by atoms with Gasteiger partial charge < -0.3 is 4.98 Å². The summed E-state index contributed by atoms with van der Waals surface area (Å²) >= 11 is 6.10. The maximum absolute atomic E-state index is 11.9. The van der Waals surface area contributed by atoms with Crippen LogP contribution in [0.1, 0.15) is 0 Å². The van der Waals surface area contributed by atoms with E-state index in [1.165, 1.54) is 12.1 Å². The van der Waals surface area contributed by atoms with E-state index < -0.39 is 4.92 Å². The first-order chi connectivity index (χ1) is 9.09. The second-order valence-corrected chi connectivity index (χ2v) is 4.46. The zero-order chi connectivity index (χ0) is 13.6. The first-order valence-corrected chi connectivity index (χ1v) is 5.85. The van der Waals surface area contributed by atoms with Gasteiger partial charge in [0.2, 0.25) is 0 Å². The Kier molecular flexibility index (Phi) is 2.50. The van der Waals surface area contributed by atoms with Crippen LogP contribution in [-0.4, -0.2) is 9.91 Å². The molecule has 0 saturated heterocycles. The number of halogens is 1. The van der Waals surface area contributed by atoms with E-state index in [1.54, 1.807) is 24.3 Å². The Morgan fingerprint density at radius 3 is 2.47 bits per heavy atom. The van der Waals surface area contributed by atoms with E-state index in [2.05, 4.69) is 4.98 Å². The smallest absolute Gasteiger partial charge is 0.288 e. The molecule has 19 heavy (non-hydrogen) atoms. The summed E-state index contributed by atoms with van der Waals surface area (Å²) in [6.45, 7) is 0. The molecule has 1 heterocycles. The molecule has 1 N–H and O–H groups in total. The number of H-pyrrole nitrogens is 1. The summed E-state index contributed by atoms with van der Waals surface area (Å²) in [7, 11) is 0. The maximum atomic E-state index is 11.9. The Labute approximate surface area is 111 Å². The van der Waals surface area contributed by atoms with E-state index >= 15 is 0 Å². The van der Waals surface area contributed by atoms with Gasteiger partial charge in [-0.2, -0.15) is 0 Å². The molecule has 0 spiro atoms. The van der Waals surface area contributed by atoms with Gasteiger partial charge in [0, 0.05) is 16.8 Å². The van der Waals surface area contributed by atoms with Gasteiger partial charge in [0.1, 0.15) is 5.02 Å². The molecule has 5 nitrogen and oxygen atoms in total. The number of pyridine rings is 1. The van der Waals surface area contributed by atoms with E-state index in [0.29, 0.717) is 21.7 Å². The number of hydrogen-bond donors (Lipinski definition) is 1. The standard InChI is InChI=1S/C13H7ClN2O3/c14-12-10(16(18)19)6-5-9-11(12)7-3-1-2-4-8(7)13(17)15-9/h1-6H,(H,15,17). The Bertz CT molecular complexity index is 886. The number of aromatic nitrogens is 1. The van der Waals surface area contributed by atoms with Crippen molar-refractivity contribution >= 4 is 39.0 Å². The zero-order valence-corrected chi connectivity index (χ0v) is 10.3. The average Bonchev–Trinajstić information content (AvgIpc) is 2.38. The van der Waals surface area contributed by atoms with Crippen LogP contribution in [0.15, 0.2) is 41.2 Å². The number of nitrogens with zero attached hydrogens (tertiary/aromatic N) is 1. The molecule has 0 amide bonds. The lowest BCUT2D eigenvalue weighted by atomic mass is 10.1. The highest BCUT2D eigenvalue weighted by Crippen LogP contribution is 2.34. The summed E-state index contributed by atoms with van der Waals surface area (Å²) in [4.78, 5) is 24.9. The van der Waals surface area contributed by atoms with Crippen LogP contribution in [0.4, 0.5) is 5.69 Å². The molecular weight excluding hydrogens is 268 g/mol. The highest BCUT2D eigenvalue weighted by atomic mass is 35.5. The van der Waals surface area contributed by atoms with E-state index in [0.717, 1.165) is 0 Å². The van der Waals surface area contributed by atoms with Gasteiger partial charge in [-0.15, -0.1) is 0 Å². The molecule has 0 unspecified atom stereocenters. The van der Waals surface area contributed by atoms with Crippen LogP contribution >= 0.6 is 11.6 Å². The molecule has 0 saturated carbocycles. The van der Waals surface area contributed by atoms with Crippen molar-refractivity contribution in [2.75, 3.05) is 0 Å². The molecular formula is C13H7ClN2O3. The van der Waals surface area contributed by atoms with Crippen molar-refractivity contribution in [2.45, 2.75) is 0 Å². The number of nitrogens with one attached hydrogen (secondary N) is 1. The van der Waals surface area contributed by atoms with E-state index in [9.17, 15) is 14.9 Å². The van der Waals surface area contributed by atoms with Crippen LogP contribution in [-0.2, 0) is 0 Å². The van der Waals surface area contributed by atoms with Gasteiger partial charge in [-0.05, 0) is 17.5 Å². The van der Waals surface area contributed by atoms with Crippen LogP contribution in [0.25, 0.3) is 21.7 Å². The predicted octanol–water partition coefficient (Wildman–Crippen LogP) is 3.24. The number of fused-ring (bicyclic) bond motifs is 3. The lowest BCUT2D eigenvalue weighted by Crippen LogP contribution is -2.06. The minimum atomic E-state index is -0.540. The number of aromatic amines is 1. The monoisotopic (exact) mass is 274 g/mol. The van der Waals surface area contributed by atoms with Crippen LogP contribution in [0, 0.1) is 10.1 Å². The molecule has 0 bridgehead atoms. The van der Waals surface area contributed by atoms with Crippen molar-refractivity contribution in [2.24, 2.45) is 0 Å². The van der Waals surface area contributed by atoms with Crippen molar-refractivity contribution < 1.29 is 4.92 Å². The fourth-order valence-corrected chi connectivity index (χ4v) is 2.50. The van der Waals surface area contributed by atoms with E-state index in [4.69, 9.17) is 11.6 Å². The largest absolute Gasteiger partial charge is 0.321 e. The van der Waals surface area contributed by atoms with Crippen molar-refractivity contribution in [3.8, 4) is 0 Å². The van der Waals surface area contributed by atoms with Crippen molar-refractivity contribution in [3.05, 3.63) is 61.9 Å². The summed E-state index contributed by atoms with van der Waals surface area (Å²) in [5.74, 6) is 0. The highest BCUT2D eigenvalue weighted by Gasteiger charge is 2.17. The average molecular weight is 275 g/mol. The van der Waals surface area contributed by atoms with Gasteiger partial charge in [-0.3, -0.25) is 14.9 Å². The molecule has 1 aromatic heterocycles. The van der Waals surface area contributed by atoms with Crippen molar-refractivity contribution in [3.63, 3.8) is 0 Å². The van der Waals surface area contributed by atoms with Crippen LogP contribution in [0.2, 0.25) is 5.02 Å². The molecule has 0 fully saturated rings. The Morgan fingerprint density at radius 1 is 1.11 bits per heavy atom. The van der Waals surface area contributed by atoms with Gasteiger partial charge in [0.25, 0.3) is 11.2 Å². The first kappa shape index (κ1) is 11.7. The third-order valence-electron chi connectivity index (χ3n) is 3.01. The normalized spacial score (nSPS) is 11.0. The Balaban J connectivity index is 2.62. The number of hydrogen-bond acceptors (Lipinski definition) is 3. The summed E-state index contributed by atoms with van der Waals surface area (Å²) in [5.41, 5.74) is 0.0682. The second-order valence-electron chi connectivity index (χ2n) is 4.08. The van der Waals surface area contributed by atoms with Gasteiger partial charge in [-0.25, -0.2) is 0 Å². The van der Waals surface area contributed by atoms with Gasteiger partial charge in [-0.1, -0.05) is 29.8 Å². The quantitative estimate of drug-likeness (QED) is 0.420. The summed E-state index contributed by atoms with van der Waals surface area (Å²) in [6.07, 6.45) is 0. The summed E-state index contributed by atoms with van der Waals surface area (Å²) in [5, 5.41) is 12.5. The molecule has 3 aromatic rings. The Hall–Kier alpha value is -2.40. The molecule has 6 heteroatoms. The van der Waals surface area contributed by atoms with Crippen molar-refractivity contribution in [1.82, 2.24) is 4.98 Å². The van der Waals surface area contributed by atoms with Crippen LogP contribution in [0.3, 0.4) is 0 Å². The minimum absolute atomic E-state index is 0.0370. The molecule has 0 atom stereocenters. The fourth-order valence-electron chi connectivity index (χ4n) is 2.16. The fraction of sp³-hybridized carbons (Fsp3) is 0. The lowest BCUT2D eigenvalue weighted by molar-refractivity contribution is -0.384. The highest BCUT2D eigenvalue weighted by molar-refractivity contribution is 6.39. The third kappa shape index (κ3) is 1.67. The number of benzene rings is 2. The molecule has 0 radical (unpaired) electrons. The second kappa shape index (κ2) is 4.07. The Morgan fingerprint density at radius 2 is 1.79 bits per heavy atom. The third-order valence-corrected chi connectivity index (χ3v) is 3.39. The SMILES string of the molecule is O=c1[nH]c2ccc([N+](=O)[O-])c(Cl)c2c2ccccc12. The van der Waals surface area contributed by atoms with Crippen molar-refractivity contribution in [1.29, 1.82) is 0 Å². The van der Waals surface area contributed by atoms with Crippen LogP contribution < -0.4 is 5.56 Å². The molecule has 0 aliphatic rings. The van der Waals surface area contributed by atoms with Gasteiger partial charge in [0.05, 0.1) is 10.4 Å². The molecule has 0 aliphatic carbocycles. The summed E-state index contributed by atoms with van der Waals surface area (Å²) in [6, 6.07) is 9.65. The van der Waals surface area contributed by atoms with E-state index in [1.807, 2.05) is 0 Å². The molecule has 3 rings (SSSR count). The topological polar surface area (TPSA) is 76.0 Å².